The Morgan fingerprint density at radius 2 is 1.90 bits per heavy atom. The third-order valence-electron chi connectivity index (χ3n) is 4.29. The summed E-state index contributed by atoms with van der Waals surface area (Å²) in [6.07, 6.45) is 3.20. The molecule has 0 aliphatic heterocycles. The highest BCUT2D eigenvalue weighted by molar-refractivity contribution is 7.88. The molecule has 1 saturated carbocycles. The first-order valence-corrected chi connectivity index (χ1v) is 8.66. The van der Waals surface area contributed by atoms with Gasteiger partial charge in [0.05, 0.1) is 17.4 Å². The zero-order chi connectivity index (χ0) is 15.5. The van der Waals surface area contributed by atoms with E-state index in [1.54, 1.807) is 24.3 Å². The van der Waals surface area contributed by atoms with Gasteiger partial charge in [-0.1, -0.05) is 12.1 Å². The number of rotatable bonds is 6. The molecule has 0 saturated heterocycles. The average Bonchev–Trinajstić information content (AvgIpc) is 2.37. The van der Waals surface area contributed by atoms with E-state index in [2.05, 4.69) is 9.62 Å². The number of benzene rings is 1. The molecule has 5 nitrogen and oxygen atoms in total. The largest absolute Gasteiger partial charge is 0.302 e. The van der Waals surface area contributed by atoms with Crippen molar-refractivity contribution >= 4 is 10.0 Å². The van der Waals surface area contributed by atoms with Gasteiger partial charge < -0.3 is 4.90 Å². The molecule has 1 aromatic carbocycles. The van der Waals surface area contributed by atoms with Crippen LogP contribution in [0.5, 0.6) is 0 Å². The topological polar surface area (TPSA) is 73.2 Å². The second-order valence-electron chi connectivity index (χ2n) is 5.86. The minimum atomic E-state index is -3.36. The molecule has 114 valence electrons. The van der Waals surface area contributed by atoms with Crippen LogP contribution in [0.1, 0.15) is 30.4 Å². The van der Waals surface area contributed by atoms with Crippen LogP contribution in [-0.2, 0) is 15.8 Å². The minimum Gasteiger partial charge on any atom is -0.302 e. The first-order valence-electron chi connectivity index (χ1n) is 7.01. The zero-order valence-electron chi connectivity index (χ0n) is 12.5. The zero-order valence-corrected chi connectivity index (χ0v) is 13.3. The van der Waals surface area contributed by atoms with E-state index in [1.807, 2.05) is 20.2 Å². The van der Waals surface area contributed by atoms with Crippen LogP contribution >= 0.6 is 0 Å². The predicted octanol–water partition coefficient (Wildman–Crippen LogP) is 1.46. The summed E-state index contributed by atoms with van der Waals surface area (Å²) in [5.41, 5.74) is 1.19. The maximum absolute atomic E-state index is 12.2. The smallest absolute Gasteiger partial charge is 0.215 e. The highest BCUT2D eigenvalue weighted by Gasteiger charge is 2.39. The number of nitriles is 1. The molecule has 1 N–H and O–H groups in total. The summed E-state index contributed by atoms with van der Waals surface area (Å²) < 4.78 is 27.1. The minimum absolute atomic E-state index is 0.0300. The molecule has 0 radical (unpaired) electrons. The van der Waals surface area contributed by atoms with Crippen molar-refractivity contribution in [2.45, 2.75) is 30.6 Å². The Bertz CT molecular complexity index is 626. The Morgan fingerprint density at radius 1 is 1.29 bits per heavy atom. The van der Waals surface area contributed by atoms with E-state index >= 15 is 0 Å². The third kappa shape index (κ3) is 3.82. The molecule has 0 bridgehead atoms. The van der Waals surface area contributed by atoms with Crippen LogP contribution in [0.2, 0.25) is 0 Å². The first kappa shape index (κ1) is 16.0. The molecular weight excluding hydrogens is 286 g/mol. The van der Waals surface area contributed by atoms with Crippen molar-refractivity contribution in [3.63, 3.8) is 0 Å². The Labute approximate surface area is 126 Å². The summed E-state index contributed by atoms with van der Waals surface area (Å²) in [7, 11) is 0.632. The van der Waals surface area contributed by atoms with Crippen LogP contribution in [0, 0.1) is 11.3 Å². The second kappa shape index (κ2) is 6.14. The van der Waals surface area contributed by atoms with E-state index < -0.39 is 10.0 Å². The molecule has 0 unspecified atom stereocenters. The molecule has 0 heterocycles. The number of sulfonamides is 1. The van der Waals surface area contributed by atoms with Crippen molar-refractivity contribution in [2.24, 2.45) is 0 Å². The summed E-state index contributed by atoms with van der Waals surface area (Å²) in [6, 6.07) is 8.66. The lowest BCUT2D eigenvalue weighted by Crippen LogP contribution is -2.57. The van der Waals surface area contributed by atoms with Crippen molar-refractivity contribution in [3.05, 3.63) is 35.4 Å². The van der Waals surface area contributed by atoms with Gasteiger partial charge in [0.2, 0.25) is 10.0 Å². The van der Waals surface area contributed by atoms with Gasteiger partial charge in [-0.15, -0.1) is 0 Å². The van der Waals surface area contributed by atoms with Crippen molar-refractivity contribution in [3.8, 4) is 6.07 Å². The van der Waals surface area contributed by atoms with E-state index in [9.17, 15) is 8.42 Å². The Kier molecular flexibility index (Phi) is 4.67. The monoisotopic (exact) mass is 307 g/mol. The number of hydrogen-bond donors (Lipinski definition) is 1. The fourth-order valence-corrected chi connectivity index (χ4v) is 3.78. The van der Waals surface area contributed by atoms with E-state index in [0.29, 0.717) is 17.7 Å². The number of nitrogens with zero attached hydrogens (tertiary/aromatic N) is 2. The van der Waals surface area contributed by atoms with Gasteiger partial charge in [-0.25, -0.2) is 13.1 Å². The lowest BCUT2D eigenvalue weighted by atomic mass is 9.76. The van der Waals surface area contributed by atoms with Gasteiger partial charge in [0.15, 0.2) is 0 Å². The number of hydrogen-bond acceptors (Lipinski definition) is 4. The molecule has 6 heteroatoms. The predicted molar refractivity (Wildman–Crippen MR) is 82.1 cm³/mol. The fraction of sp³-hybridized carbons (Fsp3) is 0.533. The molecular formula is C15H21N3O2S. The van der Waals surface area contributed by atoms with Crippen LogP contribution in [-0.4, -0.2) is 39.5 Å². The number of nitrogens with one attached hydrogen (secondary N) is 1. The SMILES string of the molecule is CN(C)C1(CNS(=O)(=O)Cc2ccc(C#N)cc2)CCC1. The van der Waals surface area contributed by atoms with Crippen LogP contribution in [0.25, 0.3) is 0 Å². The highest BCUT2D eigenvalue weighted by Crippen LogP contribution is 2.35. The molecule has 2 rings (SSSR count). The maximum Gasteiger partial charge on any atom is 0.215 e. The van der Waals surface area contributed by atoms with Crippen LogP contribution in [0.15, 0.2) is 24.3 Å². The molecule has 21 heavy (non-hydrogen) atoms. The van der Waals surface area contributed by atoms with E-state index in [-0.39, 0.29) is 11.3 Å². The van der Waals surface area contributed by atoms with Crippen molar-refractivity contribution < 1.29 is 8.42 Å². The molecule has 0 spiro atoms. The summed E-state index contributed by atoms with van der Waals surface area (Å²) in [6.45, 7) is 0.457. The molecule has 1 aliphatic carbocycles. The Hall–Kier alpha value is -1.42. The van der Waals surface area contributed by atoms with Gasteiger partial charge in [-0.3, -0.25) is 0 Å². The third-order valence-corrected chi connectivity index (χ3v) is 5.59. The average molecular weight is 307 g/mol. The molecule has 1 fully saturated rings. The molecule has 1 aromatic rings. The van der Waals surface area contributed by atoms with Crippen molar-refractivity contribution in [1.82, 2.24) is 9.62 Å². The summed E-state index contributed by atoms with van der Waals surface area (Å²) in [5.74, 6) is -0.0534. The lowest BCUT2D eigenvalue weighted by Gasteiger charge is -2.47. The Balaban J connectivity index is 1.97. The maximum atomic E-state index is 12.2. The van der Waals surface area contributed by atoms with Crippen LogP contribution in [0.4, 0.5) is 0 Å². The second-order valence-corrected chi connectivity index (χ2v) is 7.67. The van der Waals surface area contributed by atoms with E-state index in [4.69, 9.17) is 5.26 Å². The highest BCUT2D eigenvalue weighted by atomic mass is 32.2. The standard InChI is InChI=1S/C15H21N3O2S/c1-18(2)15(8-3-9-15)12-17-21(19,20)11-14-6-4-13(10-16)5-7-14/h4-7,17H,3,8-9,11-12H2,1-2H3. The quantitative estimate of drug-likeness (QED) is 0.863. The van der Waals surface area contributed by atoms with Crippen LogP contribution in [0.3, 0.4) is 0 Å². The molecule has 0 atom stereocenters. The van der Waals surface area contributed by atoms with Gasteiger partial charge in [-0.2, -0.15) is 5.26 Å². The van der Waals surface area contributed by atoms with Crippen molar-refractivity contribution in [2.75, 3.05) is 20.6 Å². The summed E-state index contributed by atoms with van der Waals surface area (Å²) in [5, 5.41) is 8.74. The Morgan fingerprint density at radius 3 is 2.33 bits per heavy atom. The van der Waals surface area contributed by atoms with Crippen molar-refractivity contribution in [1.29, 1.82) is 5.26 Å². The van der Waals surface area contributed by atoms with E-state index in [1.165, 1.54) is 0 Å². The normalized spacial score (nSPS) is 17.2. The molecule has 0 aromatic heterocycles. The van der Waals surface area contributed by atoms with Crippen LogP contribution < -0.4 is 4.72 Å². The van der Waals surface area contributed by atoms with E-state index in [0.717, 1.165) is 19.3 Å². The van der Waals surface area contributed by atoms with Gasteiger partial charge in [0, 0.05) is 12.1 Å². The van der Waals surface area contributed by atoms with Gasteiger partial charge >= 0.3 is 0 Å². The van der Waals surface area contributed by atoms with Gasteiger partial charge in [0.1, 0.15) is 0 Å². The lowest BCUT2D eigenvalue weighted by molar-refractivity contribution is 0.0656. The summed E-state index contributed by atoms with van der Waals surface area (Å²) in [4.78, 5) is 2.11. The molecule has 1 aliphatic rings. The fourth-order valence-electron chi connectivity index (χ4n) is 2.56. The number of likely N-dealkylation sites (N-methyl/N-ethyl adjacent to an activating group) is 1. The van der Waals surface area contributed by atoms with Gasteiger partial charge in [-0.05, 0) is 51.1 Å². The summed E-state index contributed by atoms with van der Waals surface area (Å²) >= 11 is 0. The van der Waals surface area contributed by atoms with Gasteiger partial charge in [0.25, 0.3) is 0 Å². The molecule has 0 amide bonds. The first-order chi connectivity index (χ1) is 9.87.